The van der Waals surface area contributed by atoms with Gasteiger partial charge in [-0.05, 0) is 60.9 Å². The number of carbonyl (C=O) groups is 2. The lowest BCUT2D eigenvalue weighted by atomic mass is 10.1. The highest BCUT2D eigenvalue weighted by molar-refractivity contribution is 6.35. The second-order valence-electron chi connectivity index (χ2n) is 5.90. The molecule has 2 amide bonds. The van der Waals surface area contributed by atoms with E-state index in [4.69, 9.17) is 14.2 Å². The van der Waals surface area contributed by atoms with E-state index < -0.39 is 11.8 Å². The second-order valence-corrected chi connectivity index (χ2v) is 5.90. The maximum Gasteiger partial charge on any atom is 0.329 e. The Hall–Kier alpha value is -3.55. The molecule has 0 radical (unpaired) electrons. The Labute approximate surface area is 169 Å². The number of nitrogens with one attached hydrogen (secondary N) is 2. The van der Waals surface area contributed by atoms with Crippen molar-refractivity contribution in [1.29, 1.82) is 0 Å². The summed E-state index contributed by atoms with van der Waals surface area (Å²) in [5.74, 6) is 0.402. The van der Waals surface area contributed by atoms with Crippen molar-refractivity contribution in [1.82, 2.24) is 10.7 Å². The number of methoxy groups -OCH3 is 2. The van der Waals surface area contributed by atoms with E-state index in [0.717, 1.165) is 16.9 Å². The number of carbonyl (C=O) groups excluding carboxylic acids is 2. The van der Waals surface area contributed by atoms with E-state index in [0.29, 0.717) is 31.1 Å². The topological polar surface area (TPSA) is 98.2 Å². The average molecular weight is 399 g/mol. The minimum absolute atomic E-state index is 0.296. The molecule has 0 spiro atoms. The summed E-state index contributed by atoms with van der Waals surface area (Å²) in [6.07, 6.45) is 1.99. The van der Waals surface area contributed by atoms with Crippen LogP contribution >= 0.6 is 0 Å². The van der Waals surface area contributed by atoms with E-state index in [2.05, 4.69) is 15.8 Å². The van der Waals surface area contributed by atoms with Crippen LogP contribution in [0.3, 0.4) is 0 Å². The van der Waals surface area contributed by atoms with Gasteiger partial charge in [0.05, 0.1) is 27.0 Å². The van der Waals surface area contributed by atoms with Crippen LogP contribution in [0.2, 0.25) is 0 Å². The second kappa shape index (κ2) is 11.3. The molecule has 0 atom stereocenters. The standard InChI is InChI=1S/C21H25N3O5/c1-4-29-17-8-5-16(6-9-17)14-23-24-21(26)20(25)22-12-11-15-7-10-18(27-2)19(13-15)28-3/h5-10,13-14H,4,11-12H2,1-3H3,(H,22,25)(H,24,26)/b23-14+. The molecule has 0 heterocycles. The van der Waals surface area contributed by atoms with Gasteiger partial charge in [0.1, 0.15) is 5.75 Å². The molecule has 0 aliphatic carbocycles. The molecule has 0 fully saturated rings. The fourth-order valence-corrected chi connectivity index (χ4v) is 2.47. The summed E-state index contributed by atoms with van der Waals surface area (Å²) in [6.45, 7) is 2.79. The first-order valence-corrected chi connectivity index (χ1v) is 9.12. The molecule has 2 rings (SSSR count). The third-order valence-electron chi connectivity index (χ3n) is 3.92. The zero-order valence-corrected chi connectivity index (χ0v) is 16.7. The molecule has 0 aliphatic rings. The molecule has 2 aromatic carbocycles. The van der Waals surface area contributed by atoms with Crippen LogP contribution in [0.5, 0.6) is 17.2 Å². The van der Waals surface area contributed by atoms with Gasteiger partial charge in [-0.25, -0.2) is 5.43 Å². The summed E-state index contributed by atoms with van der Waals surface area (Å²) in [6, 6.07) is 12.7. The Morgan fingerprint density at radius 1 is 1.00 bits per heavy atom. The van der Waals surface area contributed by atoms with Gasteiger partial charge in [-0.15, -0.1) is 0 Å². The quantitative estimate of drug-likeness (QED) is 0.381. The lowest BCUT2D eigenvalue weighted by molar-refractivity contribution is -0.139. The van der Waals surface area contributed by atoms with Gasteiger partial charge in [-0.2, -0.15) is 5.10 Å². The summed E-state index contributed by atoms with van der Waals surface area (Å²) < 4.78 is 15.8. The normalized spacial score (nSPS) is 10.4. The summed E-state index contributed by atoms with van der Waals surface area (Å²) in [7, 11) is 3.12. The molecule has 0 saturated heterocycles. The number of hydrogen-bond donors (Lipinski definition) is 2. The molecular formula is C21H25N3O5. The summed E-state index contributed by atoms with van der Waals surface area (Å²) in [5, 5.41) is 6.34. The lowest BCUT2D eigenvalue weighted by Gasteiger charge is -2.10. The molecule has 154 valence electrons. The van der Waals surface area contributed by atoms with Crippen LogP contribution in [0, 0.1) is 0 Å². The molecule has 0 aliphatic heterocycles. The first-order valence-electron chi connectivity index (χ1n) is 9.12. The first-order chi connectivity index (χ1) is 14.1. The molecule has 8 heteroatoms. The fourth-order valence-electron chi connectivity index (χ4n) is 2.47. The largest absolute Gasteiger partial charge is 0.494 e. The number of ether oxygens (including phenoxy) is 3. The van der Waals surface area contributed by atoms with E-state index in [1.807, 2.05) is 19.1 Å². The van der Waals surface area contributed by atoms with Crippen molar-refractivity contribution in [3.05, 3.63) is 53.6 Å². The van der Waals surface area contributed by atoms with Crippen LogP contribution in [0.25, 0.3) is 0 Å². The van der Waals surface area contributed by atoms with Crippen LogP contribution in [-0.2, 0) is 16.0 Å². The Bertz CT molecular complexity index is 850. The van der Waals surface area contributed by atoms with Crippen molar-refractivity contribution in [3.8, 4) is 17.2 Å². The maximum atomic E-state index is 11.9. The highest BCUT2D eigenvalue weighted by atomic mass is 16.5. The van der Waals surface area contributed by atoms with Gasteiger partial charge in [0.2, 0.25) is 0 Å². The van der Waals surface area contributed by atoms with Crippen molar-refractivity contribution in [2.75, 3.05) is 27.4 Å². The molecule has 0 unspecified atom stereocenters. The van der Waals surface area contributed by atoms with Crippen LogP contribution in [0.4, 0.5) is 0 Å². The minimum atomic E-state index is -0.834. The molecule has 8 nitrogen and oxygen atoms in total. The van der Waals surface area contributed by atoms with E-state index in [1.54, 1.807) is 44.6 Å². The van der Waals surface area contributed by atoms with E-state index >= 15 is 0 Å². The molecule has 2 aromatic rings. The van der Waals surface area contributed by atoms with E-state index in [9.17, 15) is 9.59 Å². The predicted octanol–water partition coefficient (Wildman–Crippen LogP) is 1.91. The number of benzene rings is 2. The van der Waals surface area contributed by atoms with Crippen molar-refractivity contribution in [2.45, 2.75) is 13.3 Å². The van der Waals surface area contributed by atoms with Crippen LogP contribution < -0.4 is 25.0 Å². The predicted molar refractivity (Wildman–Crippen MR) is 110 cm³/mol. The zero-order chi connectivity index (χ0) is 21.1. The Kier molecular flexibility index (Phi) is 8.50. The van der Waals surface area contributed by atoms with E-state index in [-0.39, 0.29) is 0 Å². The Morgan fingerprint density at radius 3 is 2.38 bits per heavy atom. The molecule has 0 bridgehead atoms. The van der Waals surface area contributed by atoms with Gasteiger partial charge in [0.15, 0.2) is 11.5 Å². The SMILES string of the molecule is CCOc1ccc(/C=N/NC(=O)C(=O)NCCc2ccc(OC)c(OC)c2)cc1. The Morgan fingerprint density at radius 2 is 1.72 bits per heavy atom. The number of nitrogens with zero attached hydrogens (tertiary/aromatic N) is 1. The van der Waals surface area contributed by atoms with E-state index in [1.165, 1.54) is 6.21 Å². The summed E-state index contributed by atoms with van der Waals surface area (Å²) in [5.41, 5.74) is 3.91. The van der Waals surface area contributed by atoms with Gasteiger partial charge in [-0.3, -0.25) is 9.59 Å². The van der Waals surface area contributed by atoms with Crippen molar-refractivity contribution in [3.63, 3.8) is 0 Å². The van der Waals surface area contributed by atoms with Crippen LogP contribution in [0.1, 0.15) is 18.1 Å². The summed E-state index contributed by atoms with van der Waals surface area (Å²) in [4.78, 5) is 23.7. The van der Waals surface area contributed by atoms with Crippen LogP contribution in [0.15, 0.2) is 47.6 Å². The van der Waals surface area contributed by atoms with Gasteiger partial charge < -0.3 is 19.5 Å². The molecule has 2 N–H and O–H groups in total. The fraction of sp³-hybridized carbons (Fsp3) is 0.286. The average Bonchev–Trinajstić information content (AvgIpc) is 2.74. The summed E-state index contributed by atoms with van der Waals surface area (Å²) >= 11 is 0. The molecule has 29 heavy (non-hydrogen) atoms. The third kappa shape index (κ3) is 6.84. The third-order valence-corrected chi connectivity index (χ3v) is 3.92. The molecular weight excluding hydrogens is 374 g/mol. The zero-order valence-electron chi connectivity index (χ0n) is 16.7. The Balaban J connectivity index is 1.76. The highest BCUT2D eigenvalue weighted by Crippen LogP contribution is 2.27. The van der Waals surface area contributed by atoms with Gasteiger partial charge in [0, 0.05) is 6.54 Å². The minimum Gasteiger partial charge on any atom is -0.494 e. The van der Waals surface area contributed by atoms with Gasteiger partial charge in [0.25, 0.3) is 0 Å². The number of hydrazone groups is 1. The van der Waals surface area contributed by atoms with Crippen molar-refractivity contribution >= 4 is 18.0 Å². The van der Waals surface area contributed by atoms with Crippen molar-refractivity contribution in [2.24, 2.45) is 5.10 Å². The van der Waals surface area contributed by atoms with Crippen molar-refractivity contribution < 1.29 is 23.8 Å². The molecule has 0 saturated carbocycles. The smallest absolute Gasteiger partial charge is 0.329 e. The van der Waals surface area contributed by atoms with Gasteiger partial charge >= 0.3 is 11.8 Å². The number of rotatable bonds is 9. The first kappa shape index (κ1) is 21.7. The number of hydrogen-bond acceptors (Lipinski definition) is 6. The van der Waals surface area contributed by atoms with Gasteiger partial charge in [-0.1, -0.05) is 6.07 Å². The monoisotopic (exact) mass is 399 g/mol. The molecule has 0 aromatic heterocycles. The maximum absolute atomic E-state index is 11.9. The van der Waals surface area contributed by atoms with Crippen LogP contribution in [-0.4, -0.2) is 45.4 Å². The number of amides is 2. The highest BCUT2D eigenvalue weighted by Gasteiger charge is 2.12. The lowest BCUT2D eigenvalue weighted by Crippen LogP contribution is -2.38.